The summed E-state index contributed by atoms with van der Waals surface area (Å²) in [6.07, 6.45) is 0. The van der Waals surface area contributed by atoms with Gasteiger partial charge >= 0.3 is 0 Å². The molecule has 0 amide bonds. The number of hydrogen-bond donors (Lipinski definition) is 1. The molecule has 0 bridgehead atoms. The lowest BCUT2D eigenvalue weighted by molar-refractivity contribution is 0.626. The van der Waals surface area contributed by atoms with Crippen LogP contribution < -0.4 is 5.56 Å². The van der Waals surface area contributed by atoms with E-state index in [0.29, 0.717) is 16.6 Å². The highest BCUT2D eigenvalue weighted by atomic mass is 32.1. The average molecular weight is 286 g/mol. The maximum atomic E-state index is 13.3. The van der Waals surface area contributed by atoms with Crippen LogP contribution >= 0.6 is 12.2 Å². The van der Waals surface area contributed by atoms with Gasteiger partial charge in [-0.3, -0.25) is 9.36 Å². The molecule has 20 heavy (non-hydrogen) atoms. The van der Waals surface area contributed by atoms with E-state index < -0.39 is 5.82 Å². The monoisotopic (exact) mass is 286 g/mol. The standard InChI is InChI=1S/C15H11FN2OS/c1-9-5-6-13-12(7-9)14(19)18(15(20)17-13)11-4-2-3-10(16)8-11/h2-8H,1H3,(H,17,20). The van der Waals surface area contributed by atoms with Crippen molar-refractivity contribution in [2.24, 2.45) is 0 Å². The topological polar surface area (TPSA) is 37.8 Å². The lowest BCUT2D eigenvalue weighted by atomic mass is 10.1. The van der Waals surface area contributed by atoms with Crippen LogP contribution in [0.4, 0.5) is 4.39 Å². The Morgan fingerprint density at radius 3 is 2.75 bits per heavy atom. The third-order valence-corrected chi connectivity index (χ3v) is 3.40. The molecule has 0 aliphatic rings. The lowest BCUT2D eigenvalue weighted by Gasteiger charge is -2.08. The number of nitrogens with one attached hydrogen (secondary N) is 1. The van der Waals surface area contributed by atoms with Crippen molar-refractivity contribution in [3.8, 4) is 5.69 Å². The number of halogens is 1. The van der Waals surface area contributed by atoms with Crippen LogP contribution in [0.1, 0.15) is 5.56 Å². The van der Waals surface area contributed by atoms with Crippen LogP contribution in [0, 0.1) is 17.5 Å². The van der Waals surface area contributed by atoms with Gasteiger partial charge in [0.25, 0.3) is 5.56 Å². The van der Waals surface area contributed by atoms with E-state index in [1.807, 2.05) is 19.1 Å². The molecule has 1 heterocycles. The Morgan fingerprint density at radius 1 is 1.20 bits per heavy atom. The van der Waals surface area contributed by atoms with E-state index in [4.69, 9.17) is 12.2 Å². The molecule has 100 valence electrons. The van der Waals surface area contributed by atoms with Gasteiger partial charge in [-0.2, -0.15) is 0 Å². The predicted octanol–water partition coefficient (Wildman–Crippen LogP) is 3.50. The summed E-state index contributed by atoms with van der Waals surface area (Å²) in [6.45, 7) is 1.91. The highest BCUT2D eigenvalue weighted by Crippen LogP contribution is 2.13. The first-order valence-electron chi connectivity index (χ1n) is 6.08. The van der Waals surface area contributed by atoms with Gasteiger partial charge in [0, 0.05) is 0 Å². The van der Waals surface area contributed by atoms with Gasteiger partial charge in [-0.05, 0) is 49.5 Å². The second-order valence-corrected chi connectivity index (χ2v) is 4.99. The molecule has 0 saturated carbocycles. The van der Waals surface area contributed by atoms with E-state index in [1.54, 1.807) is 18.2 Å². The maximum Gasteiger partial charge on any atom is 0.266 e. The van der Waals surface area contributed by atoms with Crippen LogP contribution in [-0.4, -0.2) is 9.55 Å². The largest absolute Gasteiger partial charge is 0.331 e. The van der Waals surface area contributed by atoms with Crippen molar-refractivity contribution in [3.05, 3.63) is 69.0 Å². The molecule has 2 aromatic carbocycles. The number of aromatic nitrogens is 2. The molecule has 0 radical (unpaired) electrons. The third-order valence-electron chi connectivity index (χ3n) is 3.12. The second-order valence-electron chi connectivity index (χ2n) is 4.60. The summed E-state index contributed by atoms with van der Waals surface area (Å²) in [5.74, 6) is -0.409. The van der Waals surface area contributed by atoms with E-state index in [-0.39, 0.29) is 10.3 Å². The molecular weight excluding hydrogens is 275 g/mol. The van der Waals surface area contributed by atoms with Crippen LogP contribution in [0.15, 0.2) is 47.3 Å². The Balaban J connectivity index is 2.42. The van der Waals surface area contributed by atoms with Crippen LogP contribution in [-0.2, 0) is 0 Å². The molecule has 3 aromatic rings. The smallest absolute Gasteiger partial charge is 0.266 e. The molecule has 0 aliphatic carbocycles. The average Bonchev–Trinajstić information content (AvgIpc) is 2.40. The zero-order chi connectivity index (χ0) is 14.3. The molecule has 0 fully saturated rings. The van der Waals surface area contributed by atoms with Crippen molar-refractivity contribution in [1.82, 2.24) is 9.55 Å². The normalized spacial score (nSPS) is 10.9. The zero-order valence-corrected chi connectivity index (χ0v) is 11.5. The van der Waals surface area contributed by atoms with Gasteiger partial charge in [0.05, 0.1) is 16.6 Å². The molecule has 5 heteroatoms. The molecule has 0 aliphatic heterocycles. The summed E-state index contributed by atoms with van der Waals surface area (Å²) in [5, 5.41) is 0.530. The van der Waals surface area contributed by atoms with Crippen LogP contribution in [0.2, 0.25) is 0 Å². The SMILES string of the molecule is Cc1ccc2[nH]c(=S)n(-c3cccc(F)c3)c(=O)c2c1. The zero-order valence-electron chi connectivity index (χ0n) is 10.7. The third kappa shape index (κ3) is 2.06. The number of hydrogen-bond acceptors (Lipinski definition) is 2. The molecule has 3 rings (SSSR count). The van der Waals surface area contributed by atoms with Crippen LogP contribution in [0.25, 0.3) is 16.6 Å². The van der Waals surface area contributed by atoms with E-state index in [2.05, 4.69) is 4.98 Å². The van der Waals surface area contributed by atoms with Gasteiger partial charge in [-0.25, -0.2) is 4.39 Å². The molecule has 0 atom stereocenters. The predicted molar refractivity (Wildman–Crippen MR) is 79.4 cm³/mol. The fourth-order valence-corrected chi connectivity index (χ4v) is 2.48. The van der Waals surface area contributed by atoms with Gasteiger partial charge in [-0.15, -0.1) is 0 Å². The fraction of sp³-hybridized carbons (Fsp3) is 0.0667. The Hall–Kier alpha value is -2.27. The minimum absolute atomic E-state index is 0.247. The van der Waals surface area contributed by atoms with Crippen molar-refractivity contribution < 1.29 is 4.39 Å². The first kappa shape index (κ1) is 12.7. The van der Waals surface area contributed by atoms with E-state index >= 15 is 0 Å². The summed E-state index contributed by atoms with van der Waals surface area (Å²) < 4.78 is 14.9. The summed E-state index contributed by atoms with van der Waals surface area (Å²) in [7, 11) is 0. The molecule has 1 N–H and O–H groups in total. The molecule has 0 saturated heterocycles. The first-order chi connectivity index (χ1) is 9.56. The number of aryl methyl sites for hydroxylation is 1. The van der Waals surface area contributed by atoms with E-state index in [9.17, 15) is 9.18 Å². The number of fused-ring (bicyclic) bond motifs is 1. The first-order valence-corrected chi connectivity index (χ1v) is 6.49. The van der Waals surface area contributed by atoms with Crippen molar-refractivity contribution in [2.75, 3.05) is 0 Å². The minimum atomic E-state index is -0.409. The highest BCUT2D eigenvalue weighted by Gasteiger charge is 2.08. The quantitative estimate of drug-likeness (QED) is 0.695. The van der Waals surface area contributed by atoms with Gasteiger partial charge < -0.3 is 4.98 Å². The number of nitrogens with zero attached hydrogens (tertiary/aromatic N) is 1. The van der Waals surface area contributed by atoms with Gasteiger partial charge in [-0.1, -0.05) is 17.7 Å². The van der Waals surface area contributed by atoms with E-state index in [1.165, 1.54) is 16.7 Å². The highest BCUT2D eigenvalue weighted by molar-refractivity contribution is 7.71. The molecule has 1 aromatic heterocycles. The van der Waals surface area contributed by atoms with Gasteiger partial charge in [0.1, 0.15) is 5.82 Å². The Kier molecular flexibility index (Phi) is 2.99. The lowest BCUT2D eigenvalue weighted by Crippen LogP contribution is -2.20. The Labute approximate surface area is 119 Å². The van der Waals surface area contributed by atoms with Crippen molar-refractivity contribution in [1.29, 1.82) is 0 Å². The minimum Gasteiger partial charge on any atom is -0.331 e. The van der Waals surface area contributed by atoms with Crippen molar-refractivity contribution in [3.63, 3.8) is 0 Å². The summed E-state index contributed by atoms with van der Waals surface area (Å²) in [4.78, 5) is 15.6. The molecular formula is C15H11FN2OS. The van der Waals surface area contributed by atoms with Crippen molar-refractivity contribution >= 4 is 23.1 Å². The second kappa shape index (κ2) is 4.68. The molecule has 0 unspecified atom stereocenters. The Bertz CT molecular complexity index is 927. The van der Waals surface area contributed by atoms with Gasteiger partial charge in [0.15, 0.2) is 4.77 Å². The summed E-state index contributed by atoms with van der Waals surface area (Å²) in [6, 6.07) is 11.3. The van der Waals surface area contributed by atoms with E-state index in [0.717, 1.165) is 5.56 Å². The number of H-pyrrole nitrogens is 1. The maximum absolute atomic E-state index is 13.3. The van der Waals surface area contributed by atoms with Crippen LogP contribution in [0.3, 0.4) is 0 Å². The van der Waals surface area contributed by atoms with Crippen molar-refractivity contribution in [2.45, 2.75) is 6.92 Å². The van der Waals surface area contributed by atoms with Crippen LogP contribution in [0.5, 0.6) is 0 Å². The summed E-state index contributed by atoms with van der Waals surface area (Å²) >= 11 is 5.21. The van der Waals surface area contributed by atoms with Gasteiger partial charge in [0.2, 0.25) is 0 Å². The number of benzene rings is 2. The fourth-order valence-electron chi connectivity index (χ4n) is 2.18. The molecule has 3 nitrogen and oxygen atoms in total. The summed E-state index contributed by atoms with van der Waals surface area (Å²) in [5.41, 5.74) is 1.82. The Morgan fingerprint density at radius 2 is 2.00 bits per heavy atom. The number of rotatable bonds is 1. The molecule has 0 spiro atoms. The number of aromatic amines is 1.